The van der Waals surface area contributed by atoms with Gasteiger partial charge in [-0.15, -0.1) is 0 Å². The quantitative estimate of drug-likeness (QED) is 0.595. The third-order valence-corrected chi connectivity index (χ3v) is 8.52. The van der Waals surface area contributed by atoms with Crippen molar-refractivity contribution in [2.75, 3.05) is 19.8 Å². The molecule has 1 unspecified atom stereocenters. The Kier molecular flexibility index (Phi) is 5.74. The minimum Gasteiger partial charge on any atom is -0.378 e. The normalized spacial score (nSPS) is 25.5. The van der Waals surface area contributed by atoms with Gasteiger partial charge in [-0.05, 0) is 24.6 Å². The van der Waals surface area contributed by atoms with Crippen molar-refractivity contribution in [1.82, 2.24) is 14.6 Å². The van der Waals surface area contributed by atoms with E-state index in [1.54, 1.807) is 4.90 Å². The number of amidine groups is 1. The van der Waals surface area contributed by atoms with Crippen LogP contribution in [0.3, 0.4) is 0 Å². The highest BCUT2D eigenvalue weighted by atomic mass is 32.2. The average Bonchev–Trinajstić information content (AvgIpc) is 3.21. The highest BCUT2D eigenvalue weighted by Gasteiger charge is 2.56. The molecule has 0 amide bonds. The Balaban J connectivity index is 1.39. The van der Waals surface area contributed by atoms with Crippen LogP contribution >= 0.6 is 0 Å². The van der Waals surface area contributed by atoms with Gasteiger partial charge in [0.1, 0.15) is 30.0 Å². The van der Waals surface area contributed by atoms with E-state index in [9.17, 15) is 30.4 Å². The van der Waals surface area contributed by atoms with Crippen LogP contribution in [0.1, 0.15) is 31.4 Å². The smallest absolute Gasteiger partial charge is 0.247 e. The van der Waals surface area contributed by atoms with Gasteiger partial charge < -0.3 is 9.74 Å². The van der Waals surface area contributed by atoms with E-state index in [1.807, 2.05) is 0 Å². The molecule has 3 aliphatic rings. The van der Waals surface area contributed by atoms with Gasteiger partial charge in [0.25, 0.3) is 0 Å². The molecule has 2 atom stereocenters. The molecule has 1 N–H and O–H groups in total. The SMILES string of the molecule is O=S(=O)(N[C@H]1CCN(C2=NOC(CF)(c3ncc(F)cc3-c3c(F)cccc3F)C2)C1)C1(F)CC1. The lowest BCUT2D eigenvalue weighted by Gasteiger charge is -2.26. The zero-order valence-electron chi connectivity index (χ0n) is 18.3. The van der Waals surface area contributed by atoms with Crippen molar-refractivity contribution in [1.29, 1.82) is 0 Å². The fraction of sp³-hybridized carbons (Fsp3) is 0.455. The van der Waals surface area contributed by atoms with Gasteiger partial charge in [-0.1, -0.05) is 11.2 Å². The van der Waals surface area contributed by atoms with Gasteiger partial charge in [-0.25, -0.2) is 35.1 Å². The number of pyridine rings is 1. The number of nitrogens with zero attached hydrogens (tertiary/aromatic N) is 3. The second kappa shape index (κ2) is 8.40. The molecule has 188 valence electrons. The molecule has 7 nitrogen and oxygen atoms in total. The largest absolute Gasteiger partial charge is 0.378 e. The molecular weight excluding hydrogens is 495 g/mol. The van der Waals surface area contributed by atoms with Crippen LogP contribution in [-0.2, 0) is 20.5 Å². The first-order valence-corrected chi connectivity index (χ1v) is 12.4. The highest BCUT2D eigenvalue weighted by molar-refractivity contribution is 7.91. The molecule has 3 heterocycles. The second-order valence-electron chi connectivity index (χ2n) is 8.99. The summed E-state index contributed by atoms with van der Waals surface area (Å²) in [6.07, 6.45) is 0.860. The molecule has 0 spiro atoms. The number of alkyl halides is 2. The zero-order valence-corrected chi connectivity index (χ0v) is 19.1. The van der Waals surface area contributed by atoms with E-state index in [4.69, 9.17) is 4.84 Å². The molecule has 1 aliphatic carbocycles. The van der Waals surface area contributed by atoms with Crippen molar-refractivity contribution in [3.63, 3.8) is 0 Å². The summed E-state index contributed by atoms with van der Waals surface area (Å²) in [6, 6.07) is 3.39. The lowest BCUT2D eigenvalue weighted by molar-refractivity contribution is -0.0435. The van der Waals surface area contributed by atoms with Crippen molar-refractivity contribution in [2.45, 2.75) is 42.3 Å². The third kappa shape index (κ3) is 4.14. The van der Waals surface area contributed by atoms with Crippen LogP contribution < -0.4 is 4.72 Å². The predicted molar refractivity (Wildman–Crippen MR) is 115 cm³/mol. The first kappa shape index (κ1) is 23.9. The number of nitrogens with one attached hydrogen (secondary N) is 1. The minimum atomic E-state index is -4.13. The molecule has 0 bridgehead atoms. The van der Waals surface area contributed by atoms with Crippen molar-refractivity contribution >= 4 is 15.9 Å². The summed E-state index contributed by atoms with van der Waals surface area (Å²) in [7, 11) is -4.13. The molecule has 35 heavy (non-hydrogen) atoms. The molecule has 2 aromatic rings. The maximum atomic E-state index is 14.5. The molecule has 13 heteroatoms. The Morgan fingerprint density at radius 1 is 1.20 bits per heavy atom. The maximum absolute atomic E-state index is 14.5. The van der Waals surface area contributed by atoms with Gasteiger partial charge in [0.15, 0.2) is 0 Å². The fourth-order valence-corrected chi connectivity index (χ4v) is 5.90. The first-order valence-electron chi connectivity index (χ1n) is 10.9. The van der Waals surface area contributed by atoms with E-state index in [0.717, 1.165) is 30.5 Å². The summed E-state index contributed by atoms with van der Waals surface area (Å²) >= 11 is 0. The second-order valence-corrected chi connectivity index (χ2v) is 11.0. The molecule has 5 rings (SSSR count). The summed E-state index contributed by atoms with van der Waals surface area (Å²) in [4.78, 5) is 11.0. The summed E-state index contributed by atoms with van der Waals surface area (Å²) < 4.78 is 98.3. The van der Waals surface area contributed by atoms with Gasteiger partial charge in [0.2, 0.25) is 20.6 Å². The van der Waals surface area contributed by atoms with Crippen LogP contribution in [0, 0.1) is 17.5 Å². The Hall–Kier alpha value is -2.80. The van der Waals surface area contributed by atoms with E-state index in [1.165, 1.54) is 0 Å². The van der Waals surface area contributed by atoms with Crippen LogP contribution in [0.4, 0.5) is 22.0 Å². The molecule has 2 aliphatic heterocycles. The van der Waals surface area contributed by atoms with Gasteiger partial charge in [-0.2, -0.15) is 0 Å². The molecule has 1 saturated carbocycles. The highest BCUT2D eigenvalue weighted by Crippen LogP contribution is 2.45. The molecule has 1 aromatic carbocycles. The van der Waals surface area contributed by atoms with Gasteiger partial charge in [-0.3, -0.25) is 4.98 Å². The summed E-state index contributed by atoms with van der Waals surface area (Å²) in [6.45, 7) is -0.704. The van der Waals surface area contributed by atoms with E-state index in [2.05, 4.69) is 14.9 Å². The lowest BCUT2D eigenvalue weighted by Crippen LogP contribution is -2.43. The Morgan fingerprint density at radius 3 is 2.57 bits per heavy atom. The lowest BCUT2D eigenvalue weighted by atomic mass is 9.89. The van der Waals surface area contributed by atoms with Crippen molar-refractivity contribution in [3.05, 3.63) is 53.6 Å². The Bertz CT molecular complexity index is 1280. The predicted octanol–water partition coefficient (Wildman–Crippen LogP) is 3.52. The standard InChI is InChI=1S/C22H21F5N4O3S/c23-12-21(20-15(8-13(24)10-28-20)19-16(25)2-1-3-17(19)26)9-18(29-34-21)31-7-4-14(11-31)30-35(32,33)22(27)5-6-22/h1-3,8,10,14,30H,4-7,9,11-12H2/t14-,21?/m0/s1. The molecule has 1 aromatic heterocycles. The molecule has 2 fully saturated rings. The maximum Gasteiger partial charge on any atom is 0.247 e. The summed E-state index contributed by atoms with van der Waals surface area (Å²) in [5.74, 6) is -2.59. The van der Waals surface area contributed by atoms with E-state index in [0.29, 0.717) is 13.0 Å². The molecular formula is C22H21F5N4O3S. The topological polar surface area (TPSA) is 83.9 Å². The number of likely N-dealkylation sites (tertiary alicyclic amines) is 1. The van der Waals surface area contributed by atoms with Gasteiger partial charge in [0, 0.05) is 37.5 Å². The average molecular weight is 516 g/mol. The molecule has 0 radical (unpaired) electrons. The number of hydrogen-bond acceptors (Lipinski definition) is 6. The van der Waals surface area contributed by atoms with Crippen LogP contribution in [0.5, 0.6) is 0 Å². The number of aromatic nitrogens is 1. The van der Waals surface area contributed by atoms with Crippen LogP contribution in [0.2, 0.25) is 0 Å². The minimum absolute atomic E-state index is 0.0477. The van der Waals surface area contributed by atoms with Crippen molar-refractivity contribution < 1.29 is 35.2 Å². The van der Waals surface area contributed by atoms with E-state index < -0.39 is 56.4 Å². The number of oxime groups is 1. The zero-order chi connectivity index (χ0) is 25.0. The van der Waals surface area contributed by atoms with Gasteiger partial charge in [0.05, 0.1) is 23.9 Å². The van der Waals surface area contributed by atoms with E-state index >= 15 is 0 Å². The molecule has 1 saturated heterocycles. The van der Waals surface area contributed by atoms with Crippen molar-refractivity contribution in [2.24, 2.45) is 5.16 Å². The van der Waals surface area contributed by atoms with Crippen LogP contribution in [-0.4, -0.2) is 54.9 Å². The monoisotopic (exact) mass is 516 g/mol. The first-order chi connectivity index (χ1) is 16.6. The van der Waals surface area contributed by atoms with E-state index in [-0.39, 0.29) is 42.9 Å². The number of rotatable bonds is 6. The van der Waals surface area contributed by atoms with Gasteiger partial charge >= 0.3 is 0 Å². The third-order valence-electron chi connectivity index (χ3n) is 6.50. The van der Waals surface area contributed by atoms with Crippen LogP contribution in [0.25, 0.3) is 11.1 Å². The van der Waals surface area contributed by atoms with Crippen LogP contribution in [0.15, 0.2) is 35.6 Å². The fourth-order valence-electron chi connectivity index (χ4n) is 4.42. The number of halogens is 5. The Labute approximate surface area is 198 Å². The summed E-state index contributed by atoms with van der Waals surface area (Å²) in [5.41, 5.74) is -2.98. The van der Waals surface area contributed by atoms with Crippen molar-refractivity contribution in [3.8, 4) is 11.1 Å². The summed E-state index contributed by atoms with van der Waals surface area (Å²) in [5, 5.41) is 1.71. The Morgan fingerprint density at radius 2 is 1.91 bits per heavy atom. The number of sulfonamides is 1. The number of benzene rings is 1. The number of hydrogen-bond donors (Lipinski definition) is 1.